The molecule has 116 valence electrons. The number of amides is 1. The number of carbonyl (C=O) groups excluding carboxylic acids is 2. The van der Waals surface area contributed by atoms with Crippen LogP contribution in [0.5, 0.6) is 0 Å². The number of aliphatic carboxylic acids is 1. The Labute approximate surface area is 130 Å². The molecule has 8 heteroatoms. The summed E-state index contributed by atoms with van der Waals surface area (Å²) in [6, 6.07) is 5.41. The van der Waals surface area contributed by atoms with Crippen LogP contribution in [-0.4, -0.2) is 16.8 Å². The predicted octanol–water partition coefficient (Wildman–Crippen LogP) is 1.43. The van der Waals surface area contributed by atoms with Crippen molar-refractivity contribution < 1.29 is 19.6 Å². The smallest absolute Gasteiger partial charge is 0.271 e. The zero-order chi connectivity index (χ0) is 16.3. The zero-order valence-electron chi connectivity index (χ0n) is 11.3. The van der Waals surface area contributed by atoms with E-state index in [1.54, 1.807) is 6.08 Å². The van der Waals surface area contributed by atoms with Crippen LogP contribution in [0.15, 0.2) is 35.4 Å². The van der Waals surface area contributed by atoms with Crippen LogP contribution < -0.4 is 10.4 Å². The molecule has 2 rings (SSSR count). The normalized spacial score (nSPS) is 20.9. The van der Waals surface area contributed by atoms with Gasteiger partial charge in [-0.15, -0.1) is 0 Å². The van der Waals surface area contributed by atoms with Crippen molar-refractivity contribution in [2.24, 2.45) is 11.8 Å². The van der Waals surface area contributed by atoms with E-state index in [1.165, 1.54) is 24.3 Å². The molecule has 0 unspecified atom stereocenters. The minimum absolute atomic E-state index is 0.0982. The summed E-state index contributed by atoms with van der Waals surface area (Å²) >= 11 is 5.87. The zero-order valence-corrected chi connectivity index (χ0v) is 12.1. The molecule has 1 aromatic carbocycles. The summed E-state index contributed by atoms with van der Waals surface area (Å²) in [5.41, 5.74) is 0.0535. The Morgan fingerprint density at radius 1 is 1.32 bits per heavy atom. The molecule has 1 N–H and O–H groups in total. The highest BCUT2D eigenvalue weighted by molar-refractivity contribution is 6.29. The van der Waals surface area contributed by atoms with Crippen molar-refractivity contribution in [1.29, 1.82) is 0 Å². The van der Waals surface area contributed by atoms with Crippen molar-refractivity contribution >= 4 is 34.9 Å². The molecule has 0 spiro atoms. The van der Waals surface area contributed by atoms with Crippen molar-refractivity contribution in [3.05, 3.63) is 45.5 Å². The quantitative estimate of drug-likeness (QED) is 0.665. The van der Waals surface area contributed by atoms with Gasteiger partial charge in [0.15, 0.2) is 0 Å². The molecule has 1 aliphatic rings. The summed E-state index contributed by atoms with van der Waals surface area (Å²) in [5, 5.41) is 24.7. The van der Waals surface area contributed by atoms with E-state index in [-0.39, 0.29) is 24.2 Å². The highest BCUT2D eigenvalue weighted by atomic mass is 35.5. The first kappa shape index (κ1) is 16.0. The standard InChI is InChI=1S/C14H13ClN2O5/c15-8-4-5-11(14(19)20)12(6-8)13(18)16-9-2-1-3-10(7-9)17(21)22/h1-4,7,11-12H,5-6H2,(H,16,18)(H,19,20)/p-1/t11-,12-/m1/s1. The molecule has 0 heterocycles. The monoisotopic (exact) mass is 323 g/mol. The van der Waals surface area contributed by atoms with Gasteiger partial charge >= 0.3 is 0 Å². The lowest BCUT2D eigenvalue weighted by Gasteiger charge is -2.29. The molecule has 1 aromatic rings. The third kappa shape index (κ3) is 3.62. The van der Waals surface area contributed by atoms with E-state index >= 15 is 0 Å². The number of nitro benzene ring substituents is 1. The van der Waals surface area contributed by atoms with Gasteiger partial charge < -0.3 is 15.2 Å². The molecule has 0 fully saturated rings. The molecule has 0 aliphatic heterocycles. The number of carbonyl (C=O) groups is 2. The molecular formula is C14H12ClN2O5-. The molecule has 2 atom stereocenters. The van der Waals surface area contributed by atoms with Crippen LogP contribution >= 0.6 is 11.6 Å². The van der Waals surface area contributed by atoms with Gasteiger partial charge in [0.1, 0.15) is 0 Å². The fourth-order valence-corrected chi connectivity index (χ4v) is 2.58. The number of anilines is 1. The molecule has 0 aromatic heterocycles. The Kier molecular flexibility index (Phi) is 4.77. The van der Waals surface area contributed by atoms with E-state index < -0.39 is 28.6 Å². The van der Waals surface area contributed by atoms with Crippen molar-refractivity contribution in [3.8, 4) is 0 Å². The van der Waals surface area contributed by atoms with Crippen LogP contribution in [-0.2, 0) is 9.59 Å². The number of allylic oxidation sites excluding steroid dienone is 2. The molecule has 1 amide bonds. The summed E-state index contributed by atoms with van der Waals surface area (Å²) in [6.07, 6.45) is 1.77. The number of non-ortho nitro benzene ring substituents is 1. The van der Waals surface area contributed by atoms with Crippen LogP contribution in [0.3, 0.4) is 0 Å². The fourth-order valence-electron chi connectivity index (χ4n) is 2.32. The maximum atomic E-state index is 12.3. The van der Waals surface area contributed by atoms with Gasteiger partial charge in [0.05, 0.1) is 10.8 Å². The first-order valence-corrected chi connectivity index (χ1v) is 6.87. The fraction of sp³-hybridized carbons (Fsp3) is 0.286. The summed E-state index contributed by atoms with van der Waals surface area (Å²) in [4.78, 5) is 33.5. The lowest BCUT2D eigenvalue weighted by molar-refractivity contribution is -0.384. The van der Waals surface area contributed by atoms with Gasteiger partial charge in [-0.05, 0) is 18.9 Å². The van der Waals surface area contributed by atoms with E-state index in [0.29, 0.717) is 5.03 Å². The Morgan fingerprint density at radius 2 is 2.05 bits per heavy atom. The first-order chi connectivity index (χ1) is 10.4. The molecule has 1 aliphatic carbocycles. The number of hydrogen-bond acceptors (Lipinski definition) is 5. The van der Waals surface area contributed by atoms with Crippen molar-refractivity contribution in [1.82, 2.24) is 0 Å². The number of halogens is 1. The highest BCUT2D eigenvalue weighted by Gasteiger charge is 2.32. The summed E-state index contributed by atoms with van der Waals surface area (Å²) in [6.45, 7) is 0. The molecule has 7 nitrogen and oxygen atoms in total. The van der Waals surface area contributed by atoms with Crippen LogP contribution in [0.2, 0.25) is 0 Å². The summed E-state index contributed by atoms with van der Waals surface area (Å²) < 4.78 is 0. The number of carboxylic acids is 1. The van der Waals surface area contributed by atoms with Crippen LogP contribution in [0, 0.1) is 22.0 Å². The van der Waals surface area contributed by atoms with Gasteiger partial charge in [-0.2, -0.15) is 0 Å². The van der Waals surface area contributed by atoms with Crippen LogP contribution in [0.25, 0.3) is 0 Å². The number of nitro groups is 1. The number of hydrogen-bond donors (Lipinski definition) is 1. The highest BCUT2D eigenvalue weighted by Crippen LogP contribution is 2.32. The Balaban J connectivity index is 2.17. The minimum Gasteiger partial charge on any atom is -0.550 e. The Morgan fingerprint density at radius 3 is 2.68 bits per heavy atom. The van der Waals surface area contributed by atoms with E-state index in [1.807, 2.05) is 0 Å². The third-order valence-electron chi connectivity index (χ3n) is 3.46. The second-order valence-corrected chi connectivity index (χ2v) is 5.41. The minimum atomic E-state index is -1.32. The third-order valence-corrected chi connectivity index (χ3v) is 3.77. The topological polar surface area (TPSA) is 112 Å². The summed E-state index contributed by atoms with van der Waals surface area (Å²) in [7, 11) is 0. The lowest BCUT2D eigenvalue weighted by Crippen LogP contribution is -2.42. The largest absolute Gasteiger partial charge is 0.550 e. The van der Waals surface area contributed by atoms with Gasteiger partial charge in [0, 0.05) is 34.7 Å². The average molecular weight is 324 g/mol. The second kappa shape index (κ2) is 6.57. The Hall–Kier alpha value is -2.41. The SMILES string of the molecule is O=C([O-])[C@@H]1CC=C(Cl)C[C@H]1C(=O)Nc1cccc([N+](=O)[O-])c1. The lowest BCUT2D eigenvalue weighted by atomic mass is 9.82. The van der Waals surface area contributed by atoms with Crippen molar-refractivity contribution in [2.75, 3.05) is 5.32 Å². The van der Waals surface area contributed by atoms with Crippen molar-refractivity contribution in [2.45, 2.75) is 12.8 Å². The summed E-state index contributed by atoms with van der Waals surface area (Å²) in [5.74, 6) is -3.72. The maximum Gasteiger partial charge on any atom is 0.271 e. The molecule has 22 heavy (non-hydrogen) atoms. The number of nitrogens with zero attached hydrogens (tertiary/aromatic N) is 1. The number of benzene rings is 1. The molecule has 0 saturated heterocycles. The van der Waals surface area contributed by atoms with Gasteiger partial charge in [0.25, 0.3) is 5.69 Å². The second-order valence-electron chi connectivity index (χ2n) is 4.92. The van der Waals surface area contributed by atoms with Gasteiger partial charge in [-0.3, -0.25) is 14.9 Å². The molecule has 0 saturated carbocycles. The molecular weight excluding hydrogens is 312 g/mol. The number of rotatable bonds is 4. The number of nitrogens with one attached hydrogen (secondary N) is 1. The van der Waals surface area contributed by atoms with Gasteiger partial charge in [0.2, 0.25) is 5.91 Å². The number of carboxylic acid groups (broad SMARTS) is 1. The van der Waals surface area contributed by atoms with Crippen LogP contribution in [0.4, 0.5) is 11.4 Å². The molecule has 0 bridgehead atoms. The van der Waals surface area contributed by atoms with E-state index in [4.69, 9.17) is 11.6 Å². The van der Waals surface area contributed by atoms with Gasteiger partial charge in [-0.1, -0.05) is 23.7 Å². The average Bonchev–Trinajstić information content (AvgIpc) is 2.47. The van der Waals surface area contributed by atoms with Crippen molar-refractivity contribution in [3.63, 3.8) is 0 Å². The molecule has 0 radical (unpaired) electrons. The van der Waals surface area contributed by atoms with Gasteiger partial charge in [-0.25, -0.2) is 0 Å². The van der Waals surface area contributed by atoms with Crippen LogP contribution in [0.1, 0.15) is 12.8 Å². The predicted molar refractivity (Wildman–Crippen MR) is 76.9 cm³/mol. The van der Waals surface area contributed by atoms with E-state index in [0.717, 1.165) is 0 Å². The Bertz CT molecular complexity index is 658. The first-order valence-electron chi connectivity index (χ1n) is 6.49. The van der Waals surface area contributed by atoms with E-state index in [9.17, 15) is 24.8 Å². The van der Waals surface area contributed by atoms with E-state index in [2.05, 4.69) is 5.32 Å². The maximum absolute atomic E-state index is 12.3.